The monoisotopic (exact) mass is 199 g/mol. The third-order valence-corrected chi connectivity index (χ3v) is 2.50. The van der Waals surface area contributed by atoms with Gasteiger partial charge in [0.2, 0.25) is 0 Å². The molecule has 2 aromatic rings. The lowest BCUT2D eigenvalue weighted by Gasteiger charge is -2.04. The summed E-state index contributed by atoms with van der Waals surface area (Å²) in [5, 5.41) is 1.20. The highest BCUT2D eigenvalue weighted by atomic mass is 16.1. The van der Waals surface area contributed by atoms with Gasteiger partial charge >= 0.3 is 0 Å². The van der Waals surface area contributed by atoms with Crippen LogP contribution in [0.5, 0.6) is 0 Å². The lowest BCUT2D eigenvalue weighted by atomic mass is 10.0. The Morgan fingerprint density at radius 2 is 2.13 bits per heavy atom. The number of hydrogen-bond donors (Lipinski definition) is 0. The first kappa shape index (κ1) is 9.84. The Balaban J connectivity index is 2.30. The van der Waals surface area contributed by atoms with Crippen LogP contribution in [0.25, 0.3) is 10.9 Å². The molecule has 0 bridgehead atoms. The highest BCUT2D eigenvalue weighted by molar-refractivity contribution is 5.81. The molecule has 0 radical (unpaired) electrons. The van der Waals surface area contributed by atoms with Crippen molar-refractivity contribution in [3.05, 3.63) is 42.1 Å². The van der Waals surface area contributed by atoms with E-state index in [2.05, 4.69) is 17.1 Å². The Morgan fingerprint density at radius 3 is 3.00 bits per heavy atom. The molecule has 0 atom stereocenters. The van der Waals surface area contributed by atoms with Crippen LogP contribution in [0, 0.1) is 0 Å². The molecule has 0 unspecified atom stereocenters. The van der Waals surface area contributed by atoms with Crippen molar-refractivity contribution in [1.82, 2.24) is 4.98 Å². The molecule has 76 valence electrons. The van der Waals surface area contributed by atoms with Gasteiger partial charge in [0.05, 0.1) is 5.52 Å². The third kappa shape index (κ3) is 2.21. The maximum Gasteiger partial charge on any atom is 0.120 e. The molecule has 0 N–H and O–H groups in total. The van der Waals surface area contributed by atoms with E-state index in [-0.39, 0.29) is 0 Å². The summed E-state index contributed by atoms with van der Waals surface area (Å²) in [4.78, 5) is 14.5. The average Bonchev–Trinajstić information content (AvgIpc) is 2.30. The minimum Gasteiger partial charge on any atom is -0.303 e. The number of aromatic nitrogens is 1. The van der Waals surface area contributed by atoms with Crippen LogP contribution in [0.3, 0.4) is 0 Å². The van der Waals surface area contributed by atoms with E-state index in [0.717, 1.165) is 24.6 Å². The molecule has 0 saturated carbocycles. The van der Waals surface area contributed by atoms with Gasteiger partial charge in [0.15, 0.2) is 0 Å². The van der Waals surface area contributed by atoms with Gasteiger partial charge in [-0.25, -0.2) is 0 Å². The Morgan fingerprint density at radius 1 is 1.20 bits per heavy atom. The summed E-state index contributed by atoms with van der Waals surface area (Å²) in [5.74, 6) is 0. The van der Waals surface area contributed by atoms with Crippen molar-refractivity contribution in [3.63, 3.8) is 0 Å². The normalized spacial score (nSPS) is 10.4. The second kappa shape index (κ2) is 4.69. The van der Waals surface area contributed by atoms with Crippen LogP contribution in [0.15, 0.2) is 36.5 Å². The summed E-state index contributed by atoms with van der Waals surface area (Å²) in [6, 6.07) is 10.2. The maximum atomic E-state index is 10.2. The molecular weight excluding hydrogens is 186 g/mol. The van der Waals surface area contributed by atoms with Crippen LogP contribution >= 0.6 is 0 Å². The van der Waals surface area contributed by atoms with E-state index in [1.165, 1.54) is 10.9 Å². The summed E-state index contributed by atoms with van der Waals surface area (Å²) in [6.45, 7) is 0. The number of hydrogen-bond acceptors (Lipinski definition) is 2. The number of carbonyl (C=O) groups is 1. The molecule has 1 heterocycles. The number of pyridine rings is 1. The number of benzene rings is 1. The van der Waals surface area contributed by atoms with Gasteiger partial charge in [0.25, 0.3) is 0 Å². The maximum absolute atomic E-state index is 10.2. The van der Waals surface area contributed by atoms with Gasteiger partial charge in [-0.05, 0) is 30.5 Å². The molecular formula is C13H13NO. The molecule has 2 nitrogen and oxygen atoms in total. The van der Waals surface area contributed by atoms with E-state index in [1.807, 2.05) is 18.2 Å². The Bertz CT molecular complexity index is 460. The van der Waals surface area contributed by atoms with Crippen LogP contribution in [0.1, 0.15) is 18.4 Å². The van der Waals surface area contributed by atoms with Crippen molar-refractivity contribution < 1.29 is 4.79 Å². The predicted octanol–water partition coefficient (Wildman–Crippen LogP) is 2.76. The van der Waals surface area contributed by atoms with Crippen LogP contribution in [0.2, 0.25) is 0 Å². The molecule has 2 rings (SSSR count). The smallest absolute Gasteiger partial charge is 0.120 e. The summed E-state index contributed by atoms with van der Waals surface area (Å²) >= 11 is 0. The van der Waals surface area contributed by atoms with Gasteiger partial charge in [-0.3, -0.25) is 4.98 Å². The van der Waals surface area contributed by atoms with Gasteiger partial charge in [-0.15, -0.1) is 0 Å². The van der Waals surface area contributed by atoms with Crippen molar-refractivity contribution >= 4 is 17.2 Å². The molecule has 0 aliphatic rings. The summed E-state index contributed by atoms with van der Waals surface area (Å²) in [6.07, 6.45) is 5.27. The van der Waals surface area contributed by atoms with Gasteiger partial charge in [-0.2, -0.15) is 0 Å². The fraction of sp³-hybridized carbons (Fsp3) is 0.231. The summed E-state index contributed by atoms with van der Waals surface area (Å²) < 4.78 is 0. The van der Waals surface area contributed by atoms with E-state index in [4.69, 9.17) is 0 Å². The minimum absolute atomic E-state index is 0.636. The molecule has 0 aliphatic carbocycles. The zero-order valence-electron chi connectivity index (χ0n) is 8.52. The number of unbranched alkanes of at least 4 members (excludes halogenated alkanes) is 1. The van der Waals surface area contributed by atoms with Crippen LogP contribution in [0.4, 0.5) is 0 Å². The van der Waals surface area contributed by atoms with E-state index < -0.39 is 0 Å². The van der Waals surface area contributed by atoms with Crippen molar-refractivity contribution in [1.29, 1.82) is 0 Å². The van der Waals surface area contributed by atoms with E-state index in [0.29, 0.717) is 6.42 Å². The quantitative estimate of drug-likeness (QED) is 0.559. The molecule has 0 fully saturated rings. The zero-order chi connectivity index (χ0) is 10.5. The average molecular weight is 199 g/mol. The third-order valence-electron chi connectivity index (χ3n) is 2.50. The topological polar surface area (TPSA) is 30.0 Å². The SMILES string of the molecule is O=CCCCc1cccc2ncccc12. The molecule has 0 spiro atoms. The van der Waals surface area contributed by atoms with Crippen LogP contribution in [-0.2, 0) is 11.2 Å². The first-order valence-corrected chi connectivity index (χ1v) is 5.18. The molecule has 2 heteroatoms. The van der Waals surface area contributed by atoms with Crippen molar-refractivity contribution in [3.8, 4) is 0 Å². The Labute approximate surface area is 89.0 Å². The standard InChI is InChI=1S/C13H13NO/c15-10-2-1-5-11-6-3-8-13-12(11)7-4-9-14-13/h3-4,6-10H,1-2,5H2. The van der Waals surface area contributed by atoms with Crippen molar-refractivity contribution in [2.75, 3.05) is 0 Å². The first-order valence-electron chi connectivity index (χ1n) is 5.18. The Kier molecular flexibility index (Phi) is 3.08. The molecule has 0 saturated heterocycles. The highest BCUT2D eigenvalue weighted by Crippen LogP contribution is 2.17. The molecule has 15 heavy (non-hydrogen) atoms. The zero-order valence-corrected chi connectivity index (χ0v) is 8.52. The van der Waals surface area contributed by atoms with Gasteiger partial charge in [-0.1, -0.05) is 18.2 Å². The van der Waals surface area contributed by atoms with E-state index in [1.54, 1.807) is 6.20 Å². The summed E-state index contributed by atoms with van der Waals surface area (Å²) in [7, 11) is 0. The van der Waals surface area contributed by atoms with Crippen LogP contribution < -0.4 is 0 Å². The second-order valence-electron chi connectivity index (χ2n) is 3.55. The van der Waals surface area contributed by atoms with Gasteiger partial charge in [0.1, 0.15) is 6.29 Å². The second-order valence-corrected chi connectivity index (χ2v) is 3.55. The Hall–Kier alpha value is -1.70. The van der Waals surface area contributed by atoms with Crippen molar-refractivity contribution in [2.24, 2.45) is 0 Å². The lowest BCUT2D eigenvalue weighted by Crippen LogP contribution is -1.89. The number of aldehydes is 1. The molecule has 1 aromatic heterocycles. The predicted molar refractivity (Wildman–Crippen MR) is 60.7 cm³/mol. The number of aryl methyl sites for hydroxylation is 1. The molecule has 0 amide bonds. The minimum atomic E-state index is 0.636. The van der Waals surface area contributed by atoms with Crippen molar-refractivity contribution in [2.45, 2.75) is 19.3 Å². The highest BCUT2D eigenvalue weighted by Gasteiger charge is 2.00. The summed E-state index contributed by atoms with van der Waals surface area (Å²) in [5.41, 5.74) is 2.31. The number of rotatable bonds is 4. The molecule has 0 aliphatic heterocycles. The fourth-order valence-corrected chi connectivity index (χ4v) is 1.76. The number of carbonyl (C=O) groups excluding carboxylic acids is 1. The van der Waals surface area contributed by atoms with E-state index >= 15 is 0 Å². The largest absolute Gasteiger partial charge is 0.303 e. The number of nitrogens with zero attached hydrogens (tertiary/aromatic N) is 1. The first-order chi connectivity index (χ1) is 7.42. The van der Waals surface area contributed by atoms with Crippen LogP contribution in [-0.4, -0.2) is 11.3 Å². The number of fused-ring (bicyclic) bond motifs is 1. The van der Waals surface area contributed by atoms with Gasteiger partial charge in [0, 0.05) is 18.0 Å². The van der Waals surface area contributed by atoms with E-state index in [9.17, 15) is 4.79 Å². The lowest BCUT2D eigenvalue weighted by molar-refractivity contribution is -0.107. The van der Waals surface area contributed by atoms with Gasteiger partial charge < -0.3 is 4.79 Å². The fourth-order valence-electron chi connectivity index (χ4n) is 1.76. The molecule has 1 aromatic carbocycles.